The van der Waals surface area contributed by atoms with Crippen molar-refractivity contribution in [2.45, 2.75) is 23.8 Å². The molecule has 11 heteroatoms. The lowest BCUT2D eigenvalue weighted by atomic mass is 10.2. The molecule has 0 amide bonds. The molecule has 0 unspecified atom stereocenters. The van der Waals surface area contributed by atoms with Crippen molar-refractivity contribution in [2.75, 3.05) is 19.8 Å². The van der Waals surface area contributed by atoms with Gasteiger partial charge in [0, 0.05) is 19.7 Å². The molecule has 10 nitrogen and oxygen atoms in total. The molecule has 4 rings (SSSR count). The van der Waals surface area contributed by atoms with E-state index in [9.17, 15) is 18.3 Å². The van der Waals surface area contributed by atoms with E-state index in [1.54, 1.807) is 11.6 Å². The van der Waals surface area contributed by atoms with Gasteiger partial charge >= 0.3 is 5.97 Å². The van der Waals surface area contributed by atoms with Crippen molar-refractivity contribution in [1.29, 1.82) is 0 Å². The van der Waals surface area contributed by atoms with Gasteiger partial charge in [0.15, 0.2) is 17.3 Å². The van der Waals surface area contributed by atoms with Crippen molar-refractivity contribution in [3.8, 4) is 11.5 Å². The first kappa shape index (κ1) is 17.7. The largest absolute Gasteiger partial charge is 0.486 e. The lowest BCUT2D eigenvalue weighted by Gasteiger charge is -2.25. The first-order valence-corrected chi connectivity index (χ1v) is 9.86. The van der Waals surface area contributed by atoms with Crippen LogP contribution in [-0.2, 0) is 17.1 Å². The molecule has 2 aromatic rings. The van der Waals surface area contributed by atoms with Gasteiger partial charge in [0.1, 0.15) is 25.1 Å². The number of carboxylic acid groups (broad SMARTS) is 1. The normalized spacial score (nSPS) is 20.0. The highest BCUT2D eigenvalue weighted by Gasteiger charge is 2.39. The van der Waals surface area contributed by atoms with E-state index in [-0.39, 0.29) is 35.2 Å². The Morgan fingerprint density at radius 2 is 2.07 bits per heavy atom. The van der Waals surface area contributed by atoms with Crippen LogP contribution in [0, 0.1) is 0 Å². The van der Waals surface area contributed by atoms with Crippen LogP contribution < -0.4 is 9.47 Å². The molecule has 144 valence electrons. The number of nitrogens with zero attached hydrogens (tertiary/aromatic N) is 4. The smallest absolute Gasteiger partial charge is 0.339 e. The van der Waals surface area contributed by atoms with Crippen LogP contribution in [0.15, 0.2) is 23.4 Å². The number of carbonyl (C=O) groups is 1. The second-order valence-corrected chi connectivity index (χ2v) is 8.26. The molecule has 1 aromatic heterocycles. The van der Waals surface area contributed by atoms with Crippen LogP contribution in [0.3, 0.4) is 0 Å². The Labute approximate surface area is 155 Å². The number of hydrogen-bond acceptors (Lipinski definition) is 7. The minimum Gasteiger partial charge on any atom is -0.486 e. The molecule has 0 saturated carbocycles. The molecule has 0 spiro atoms. The fourth-order valence-corrected chi connectivity index (χ4v) is 5.15. The first-order valence-electron chi connectivity index (χ1n) is 8.42. The third kappa shape index (κ3) is 2.92. The molecule has 27 heavy (non-hydrogen) atoms. The van der Waals surface area contributed by atoms with Crippen LogP contribution in [-0.4, -0.2) is 58.3 Å². The maximum absolute atomic E-state index is 13.3. The van der Waals surface area contributed by atoms with Crippen molar-refractivity contribution in [3.63, 3.8) is 0 Å². The van der Waals surface area contributed by atoms with Crippen molar-refractivity contribution >= 4 is 16.0 Å². The van der Waals surface area contributed by atoms with E-state index >= 15 is 0 Å². The Morgan fingerprint density at radius 1 is 1.30 bits per heavy atom. The Morgan fingerprint density at radius 3 is 2.78 bits per heavy atom. The zero-order chi connectivity index (χ0) is 19.2. The van der Waals surface area contributed by atoms with Gasteiger partial charge in [-0.25, -0.2) is 13.2 Å². The zero-order valence-corrected chi connectivity index (χ0v) is 15.3. The number of aromatic carboxylic acids is 1. The monoisotopic (exact) mass is 394 g/mol. The average molecular weight is 394 g/mol. The Hall–Kier alpha value is -2.66. The molecule has 0 bridgehead atoms. The summed E-state index contributed by atoms with van der Waals surface area (Å²) in [4.78, 5) is 11.5. The van der Waals surface area contributed by atoms with Crippen molar-refractivity contribution in [1.82, 2.24) is 19.1 Å². The number of hydrogen-bond donors (Lipinski definition) is 1. The van der Waals surface area contributed by atoms with Crippen molar-refractivity contribution in [3.05, 3.63) is 29.8 Å². The fraction of sp³-hybridized carbons (Fsp3) is 0.438. The second kappa shape index (κ2) is 6.50. The summed E-state index contributed by atoms with van der Waals surface area (Å²) in [6, 6.07) is 1.99. The number of aryl methyl sites for hydroxylation is 1. The molecule has 2 aliphatic heterocycles. The van der Waals surface area contributed by atoms with Crippen molar-refractivity contribution in [2.24, 2.45) is 7.05 Å². The molecule has 0 radical (unpaired) electrons. The zero-order valence-electron chi connectivity index (χ0n) is 14.5. The fourth-order valence-electron chi connectivity index (χ4n) is 3.45. The van der Waals surface area contributed by atoms with Gasteiger partial charge in [-0.3, -0.25) is 0 Å². The number of carboxylic acids is 1. The molecular formula is C16H18N4O6S. The minimum absolute atomic E-state index is 0.0546. The topological polar surface area (TPSA) is 124 Å². The molecule has 1 aromatic carbocycles. The van der Waals surface area contributed by atoms with E-state index in [2.05, 4.69) is 10.2 Å². The van der Waals surface area contributed by atoms with E-state index in [0.717, 1.165) is 6.07 Å². The number of ether oxygens (including phenoxy) is 2. The molecule has 1 N–H and O–H groups in total. The van der Waals surface area contributed by atoms with E-state index < -0.39 is 22.0 Å². The third-order valence-electron chi connectivity index (χ3n) is 4.70. The van der Waals surface area contributed by atoms with Gasteiger partial charge < -0.3 is 19.1 Å². The Balaban J connectivity index is 1.79. The summed E-state index contributed by atoms with van der Waals surface area (Å²) in [5, 5.41) is 17.3. The lowest BCUT2D eigenvalue weighted by Crippen LogP contribution is -2.32. The minimum atomic E-state index is -3.97. The maximum Gasteiger partial charge on any atom is 0.339 e. The summed E-state index contributed by atoms with van der Waals surface area (Å²) in [5.41, 5.74) is -0.236. The summed E-state index contributed by atoms with van der Waals surface area (Å²) >= 11 is 0. The van der Waals surface area contributed by atoms with Crippen molar-refractivity contribution < 1.29 is 27.8 Å². The number of aromatic nitrogens is 3. The van der Waals surface area contributed by atoms with Gasteiger partial charge in [0.25, 0.3) is 0 Å². The SMILES string of the molecule is Cn1cnnc1[C@H]1CCCN1S(=O)(=O)c1cc2c(c(C(=O)O)c1)OCCO2. The number of fused-ring (bicyclic) bond motifs is 1. The summed E-state index contributed by atoms with van der Waals surface area (Å²) in [5.74, 6) is -0.555. The molecule has 0 aliphatic carbocycles. The predicted molar refractivity (Wildman–Crippen MR) is 91.3 cm³/mol. The molecule has 2 aliphatic rings. The molecule has 1 atom stereocenters. The lowest BCUT2D eigenvalue weighted by molar-refractivity contribution is 0.0685. The summed E-state index contributed by atoms with van der Waals surface area (Å²) in [7, 11) is -2.21. The first-order chi connectivity index (χ1) is 12.9. The summed E-state index contributed by atoms with van der Waals surface area (Å²) in [6.07, 6.45) is 2.81. The van der Waals surface area contributed by atoms with Crippen LogP contribution >= 0.6 is 0 Å². The molecular weight excluding hydrogens is 376 g/mol. The predicted octanol–water partition coefficient (Wildman–Crippen LogP) is 0.810. The average Bonchev–Trinajstić information content (AvgIpc) is 3.29. The van der Waals surface area contributed by atoms with Gasteiger partial charge in [-0.2, -0.15) is 4.31 Å². The van der Waals surface area contributed by atoms with Gasteiger partial charge in [-0.1, -0.05) is 0 Å². The van der Waals surface area contributed by atoms with E-state index in [1.807, 2.05) is 0 Å². The Kier molecular flexibility index (Phi) is 4.27. The summed E-state index contributed by atoms with van der Waals surface area (Å²) in [6.45, 7) is 0.747. The summed E-state index contributed by atoms with van der Waals surface area (Å²) < 4.78 is 40.4. The van der Waals surface area contributed by atoms with Gasteiger partial charge in [0.2, 0.25) is 10.0 Å². The number of benzene rings is 1. The Bertz CT molecular complexity index is 1000. The van der Waals surface area contributed by atoms with Crippen LogP contribution in [0.1, 0.15) is 35.1 Å². The second-order valence-electron chi connectivity index (χ2n) is 6.37. The van der Waals surface area contributed by atoms with Gasteiger partial charge in [-0.05, 0) is 18.9 Å². The highest BCUT2D eigenvalue weighted by Crippen LogP contribution is 2.40. The van der Waals surface area contributed by atoms with Crippen LogP contribution in [0.2, 0.25) is 0 Å². The molecule has 1 saturated heterocycles. The van der Waals surface area contributed by atoms with Gasteiger partial charge in [0.05, 0.1) is 10.9 Å². The number of sulfonamides is 1. The van der Waals surface area contributed by atoms with Crippen LogP contribution in [0.25, 0.3) is 0 Å². The third-order valence-corrected chi connectivity index (χ3v) is 6.59. The standard InChI is InChI=1S/C16H18N4O6S/c1-19-9-17-18-15(19)12-3-2-4-20(12)27(23,24)10-7-11(16(21)22)14-13(8-10)25-5-6-26-14/h7-9,12H,2-6H2,1H3,(H,21,22)/t12-/m1/s1. The molecule has 3 heterocycles. The van der Waals surface area contributed by atoms with E-state index in [1.165, 1.54) is 16.7 Å². The maximum atomic E-state index is 13.3. The quantitative estimate of drug-likeness (QED) is 0.808. The van der Waals surface area contributed by atoms with Crippen LogP contribution in [0.4, 0.5) is 0 Å². The van der Waals surface area contributed by atoms with Crippen LogP contribution in [0.5, 0.6) is 11.5 Å². The van der Waals surface area contributed by atoms with E-state index in [0.29, 0.717) is 25.2 Å². The highest BCUT2D eigenvalue weighted by molar-refractivity contribution is 7.89. The molecule has 1 fully saturated rings. The van der Waals surface area contributed by atoms with E-state index in [4.69, 9.17) is 9.47 Å². The van der Waals surface area contributed by atoms with Gasteiger partial charge in [-0.15, -0.1) is 10.2 Å². The highest BCUT2D eigenvalue weighted by atomic mass is 32.2. The number of rotatable bonds is 4.